The largest absolute Gasteiger partial charge is 0.463 e. The van der Waals surface area contributed by atoms with Crippen LogP contribution in [-0.2, 0) is 24.1 Å². The van der Waals surface area contributed by atoms with Crippen LogP contribution in [0.5, 0.6) is 0 Å². The van der Waals surface area contributed by atoms with Crippen LogP contribution in [0.1, 0.15) is 18.6 Å². The van der Waals surface area contributed by atoms with Crippen LogP contribution in [0.3, 0.4) is 0 Å². The maximum absolute atomic E-state index is 12.3. The van der Waals surface area contributed by atoms with E-state index in [-0.39, 0.29) is 6.61 Å². The molecule has 1 aromatic carbocycles. The smallest absolute Gasteiger partial charge is 0.398 e. The summed E-state index contributed by atoms with van der Waals surface area (Å²) in [6.45, 7) is 7.52. The zero-order valence-electron chi connectivity index (χ0n) is 13.1. The van der Waals surface area contributed by atoms with Gasteiger partial charge in [-0.25, -0.2) is 8.98 Å². The Hall–Kier alpha value is -1.01. The van der Waals surface area contributed by atoms with Gasteiger partial charge in [-0.3, -0.25) is 4.55 Å². The molecule has 0 saturated heterocycles. The molecule has 0 radical (unpaired) electrons. The van der Waals surface area contributed by atoms with Crippen molar-refractivity contribution in [3.63, 3.8) is 0 Å². The van der Waals surface area contributed by atoms with Gasteiger partial charge in [-0.2, -0.15) is 8.42 Å². The second-order valence-electron chi connectivity index (χ2n) is 5.67. The Morgan fingerprint density at radius 1 is 1.23 bits per heavy atom. The van der Waals surface area contributed by atoms with Crippen molar-refractivity contribution in [2.75, 3.05) is 26.6 Å². The van der Waals surface area contributed by atoms with E-state index in [1.165, 1.54) is 0 Å². The van der Waals surface area contributed by atoms with Crippen molar-refractivity contribution in [3.05, 3.63) is 35.9 Å². The molecule has 6 nitrogen and oxygen atoms in total. The van der Waals surface area contributed by atoms with Crippen molar-refractivity contribution in [3.8, 4) is 0 Å². The molecule has 124 valence electrons. The lowest BCUT2D eigenvalue weighted by atomic mass is 10.1. The number of esters is 1. The van der Waals surface area contributed by atoms with Gasteiger partial charge in [0.15, 0.2) is 11.8 Å². The first-order chi connectivity index (χ1) is 10.1. The van der Waals surface area contributed by atoms with E-state index in [2.05, 4.69) is 0 Å². The molecule has 0 aliphatic rings. The van der Waals surface area contributed by atoms with Crippen molar-refractivity contribution < 1.29 is 26.7 Å². The molecule has 0 bridgehead atoms. The van der Waals surface area contributed by atoms with E-state index >= 15 is 0 Å². The number of carbonyl (C=O) groups is 1. The number of benzene rings is 1. The summed E-state index contributed by atoms with van der Waals surface area (Å²) in [5, 5.41) is 0. The lowest BCUT2D eigenvalue weighted by molar-refractivity contribution is -0.144. The predicted molar refractivity (Wildman–Crippen MR) is 86.9 cm³/mol. The number of carbonyl (C=O) groups excluding carboxylic acids is 1. The summed E-state index contributed by atoms with van der Waals surface area (Å²) in [6.07, 6.45) is -1.12. The molecule has 1 aromatic rings. The summed E-state index contributed by atoms with van der Waals surface area (Å²) in [5.74, 6) is -0.527. The van der Waals surface area contributed by atoms with E-state index in [0.29, 0.717) is 5.56 Å². The molecule has 1 rings (SSSR count). The Morgan fingerprint density at radius 3 is 2.18 bits per heavy atom. The van der Waals surface area contributed by atoms with Gasteiger partial charge in [-0.05, 0) is 12.5 Å². The SMILES string of the molecule is CCOC(=O)C(C(OS(=O)(=O)O)c1ccccc1)[P+](C)(C)C. The fourth-order valence-electron chi connectivity index (χ4n) is 2.14. The van der Waals surface area contributed by atoms with E-state index in [9.17, 15) is 13.2 Å². The standard InChI is InChI=1S/C14H21O6PS/c1-5-19-14(15)13(21(2,3)4)12(20-22(16,17)18)11-9-7-6-8-10-11/h6-10,12-13H,5H2,1-4H3/p+1. The topological polar surface area (TPSA) is 89.9 Å². The summed E-state index contributed by atoms with van der Waals surface area (Å²) >= 11 is 0. The Bertz CT molecular complexity index is 594. The molecule has 0 aliphatic heterocycles. The van der Waals surface area contributed by atoms with E-state index in [1.807, 2.05) is 20.0 Å². The number of ether oxygens (including phenoxy) is 1. The van der Waals surface area contributed by atoms with Crippen LogP contribution < -0.4 is 0 Å². The molecule has 0 amide bonds. The zero-order valence-corrected chi connectivity index (χ0v) is 14.8. The average molecular weight is 349 g/mol. The van der Waals surface area contributed by atoms with Crippen LogP contribution in [0.25, 0.3) is 0 Å². The molecule has 0 heterocycles. The minimum absolute atomic E-state index is 0.183. The normalized spacial score (nSPS) is 15.1. The first-order valence-corrected chi connectivity index (χ1v) is 11.3. The summed E-state index contributed by atoms with van der Waals surface area (Å²) in [4.78, 5) is 12.3. The maximum Gasteiger partial charge on any atom is 0.398 e. The summed E-state index contributed by atoms with van der Waals surface area (Å²) in [5.41, 5.74) is -0.301. The van der Waals surface area contributed by atoms with Gasteiger partial charge in [-0.1, -0.05) is 30.3 Å². The Kier molecular flexibility index (Phi) is 6.50. The van der Waals surface area contributed by atoms with Crippen molar-refractivity contribution in [2.24, 2.45) is 0 Å². The molecule has 2 atom stereocenters. The first kappa shape index (κ1) is 19.0. The van der Waals surface area contributed by atoms with E-state index in [4.69, 9.17) is 13.5 Å². The molecule has 1 N–H and O–H groups in total. The fourth-order valence-corrected chi connectivity index (χ4v) is 4.46. The summed E-state index contributed by atoms with van der Waals surface area (Å²) in [6, 6.07) is 8.48. The van der Waals surface area contributed by atoms with Crippen LogP contribution in [0.4, 0.5) is 0 Å². The molecule has 22 heavy (non-hydrogen) atoms. The van der Waals surface area contributed by atoms with Crippen molar-refractivity contribution in [1.29, 1.82) is 0 Å². The van der Waals surface area contributed by atoms with Crippen LogP contribution in [0.2, 0.25) is 0 Å². The van der Waals surface area contributed by atoms with Gasteiger partial charge < -0.3 is 4.74 Å². The summed E-state index contributed by atoms with van der Waals surface area (Å²) < 4.78 is 41.4. The van der Waals surface area contributed by atoms with Crippen LogP contribution >= 0.6 is 7.26 Å². The van der Waals surface area contributed by atoms with Crippen LogP contribution in [0, 0.1) is 0 Å². The van der Waals surface area contributed by atoms with E-state index in [1.54, 1.807) is 37.3 Å². The van der Waals surface area contributed by atoms with Crippen LogP contribution in [0.15, 0.2) is 30.3 Å². The third-order valence-electron chi connectivity index (χ3n) is 3.00. The Labute approximate surface area is 132 Å². The predicted octanol–water partition coefficient (Wildman–Crippen LogP) is 2.39. The number of rotatable bonds is 7. The molecule has 8 heteroatoms. The minimum Gasteiger partial charge on any atom is -0.463 e. The quantitative estimate of drug-likeness (QED) is 0.462. The van der Waals surface area contributed by atoms with Crippen molar-refractivity contribution >= 4 is 23.6 Å². The van der Waals surface area contributed by atoms with Gasteiger partial charge in [0, 0.05) is 27.3 Å². The molecule has 0 fully saturated rings. The number of hydrogen-bond acceptors (Lipinski definition) is 5. The molecule has 0 aromatic heterocycles. The lowest BCUT2D eigenvalue weighted by Crippen LogP contribution is -2.34. The van der Waals surface area contributed by atoms with Crippen LogP contribution in [-0.4, -0.2) is 51.2 Å². The van der Waals surface area contributed by atoms with Gasteiger partial charge in [0.05, 0.1) is 6.61 Å². The van der Waals surface area contributed by atoms with Crippen molar-refractivity contribution in [1.82, 2.24) is 0 Å². The molecular formula is C14H22O6PS+. The molecule has 0 spiro atoms. The highest BCUT2D eigenvalue weighted by molar-refractivity contribution is 7.81. The Balaban J connectivity index is 3.34. The minimum atomic E-state index is -4.72. The molecular weight excluding hydrogens is 327 g/mol. The fraction of sp³-hybridized carbons (Fsp3) is 0.500. The monoisotopic (exact) mass is 349 g/mol. The summed E-state index contributed by atoms with van der Waals surface area (Å²) in [7, 11) is -6.61. The Morgan fingerprint density at radius 2 is 1.77 bits per heavy atom. The van der Waals surface area contributed by atoms with Gasteiger partial charge >= 0.3 is 16.4 Å². The van der Waals surface area contributed by atoms with Gasteiger partial charge in [0.2, 0.25) is 0 Å². The second-order valence-corrected chi connectivity index (χ2v) is 11.5. The lowest BCUT2D eigenvalue weighted by Gasteiger charge is -2.29. The molecule has 0 saturated carbocycles. The molecule has 0 aliphatic carbocycles. The average Bonchev–Trinajstić information content (AvgIpc) is 2.36. The zero-order chi connectivity index (χ0) is 17.0. The van der Waals surface area contributed by atoms with Gasteiger partial charge in [-0.15, -0.1) is 0 Å². The van der Waals surface area contributed by atoms with E-state index in [0.717, 1.165) is 0 Å². The third-order valence-corrected chi connectivity index (χ3v) is 5.60. The second kappa shape index (κ2) is 7.51. The highest BCUT2D eigenvalue weighted by Crippen LogP contribution is 2.57. The van der Waals surface area contributed by atoms with Gasteiger partial charge in [0.25, 0.3) is 0 Å². The first-order valence-electron chi connectivity index (χ1n) is 6.74. The highest BCUT2D eigenvalue weighted by atomic mass is 32.3. The maximum atomic E-state index is 12.3. The molecule has 2 unspecified atom stereocenters. The number of hydrogen-bond donors (Lipinski definition) is 1. The third kappa shape index (κ3) is 5.65. The van der Waals surface area contributed by atoms with E-state index < -0.39 is 35.4 Å². The van der Waals surface area contributed by atoms with Gasteiger partial charge in [0.1, 0.15) is 0 Å². The highest BCUT2D eigenvalue weighted by Gasteiger charge is 2.48. The van der Waals surface area contributed by atoms with Crippen molar-refractivity contribution in [2.45, 2.75) is 18.7 Å².